The molecule has 0 radical (unpaired) electrons. The Hall–Kier alpha value is -1.88. The van der Waals surface area contributed by atoms with Gasteiger partial charge in [0.05, 0.1) is 11.7 Å². The molecule has 3 N–H and O–H groups in total. The van der Waals surface area contributed by atoms with Crippen molar-refractivity contribution in [1.82, 2.24) is 5.32 Å². The van der Waals surface area contributed by atoms with E-state index >= 15 is 0 Å². The molecule has 0 heterocycles. The molecule has 0 aromatic heterocycles. The molecule has 1 amide bonds. The fourth-order valence-electron chi connectivity index (χ4n) is 3.22. The first-order chi connectivity index (χ1) is 11.2. The molecule has 5 heteroatoms. The van der Waals surface area contributed by atoms with Crippen molar-refractivity contribution < 1.29 is 13.9 Å². The summed E-state index contributed by atoms with van der Waals surface area (Å²) in [6.07, 6.45) is 5.53. The van der Waals surface area contributed by atoms with Gasteiger partial charge in [-0.1, -0.05) is 31.4 Å². The molecule has 0 bridgehead atoms. The number of likely N-dealkylation sites (N-methyl/N-ethyl adjacent to an activating group) is 1. The maximum absolute atomic E-state index is 12.5. The van der Waals surface area contributed by atoms with Crippen molar-refractivity contribution in [3.63, 3.8) is 0 Å². The molecule has 4 nitrogen and oxygen atoms in total. The van der Waals surface area contributed by atoms with E-state index in [0.717, 1.165) is 31.2 Å². The average Bonchev–Trinajstić information content (AvgIpc) is 2.63. The van der Waals surface area contributed by atoms with Gasteiger partial charge >= 0.3 is 0 Å². The van der Waals surface area contributed by atoms with Crippen LogP contribution < -0.4 is 15.8 Å². The summed E-state index contributed by atoms with van der Waals surface area (Å²) in [6.45, 7) is 0.265. The van der Waals surface area contributed by atoms with E-state index in [4.69, 9.17) is 10.5 Å². The lowest BCUT2D eigenvalue weighted by molar-refractivity contribution is -0.127. The number of carbonyl (C=O) groups is 1. The van der Waals surface area contributed by atoms with Crippen molar-refractivity contribution in [2.24, 2.45) is 5.73 Å². The molecule has 0 atom stereocenters. The van der Waals surface area contributed by atoms with Gasteiger partial charge in [0.25, 0.3) is 0 Å². The van der Waals surface area contributed by atoms with Crippen LogP contribution in [0, 0.1) is 0 Å². The predicted octanol–water partition coefficient (Wildman–Crippen LogP) is 2.83. The Kier molecular flexibility index (Phi) is 6.16. The van der Waals surface area contributed by atoms with Crippen molar-refractivity contribution in [3.8, 4) is 5.75 Å². The topological polar surface area (TPSA) is 64.3 Å². The molecule has 0 unspecified atom stereocenters. The van der Waals surface area contributed by atoms with Gasteiger partial charge in [0.15, 0.2) is 0 Å². The number of halogens is 1. The lowest BCUT2D eigenvalue weighted by Gasteiger charge is -2.36. The van der Waals surface area contributed by atoms with E-state index in [9.17, 15) is 9.18 Å². The summed E-state index contributed by atoms with van der Waals surface area (Å²) < 4.78 is 18.0. The number of benzene rings is 1. The molecule has 2 rings (SSSR count). The molecule has 1 aromatic rings. The fourth-order valence-corrected chi connectivity index (χ4v) is 3.22. The van der Waals surface area contributed by atoms with Crippen molar-refractivity contribution in [1.29, 1.82) is 0 Å². The summed E-state index contributed by atoms with van der Waals surface area (Å²) in [5, 5.41) is 2.81. The highest BCUT2D eigenvalue weighted by Crippen LogP contribution is 2.40. The minimum atomic E-state index is -0.438. The van der Waals surface area contributed by atoms with Gasteiger partial charge in [0.1, 0.15) is 12.4 Å². The van der Waals surface area contributed by atoms with Gasteiger partial charge in [-0.05, 0) is 30.5 Å². The molecule has 0 aliphatic heterocycles. The first-order valence-electron chi connectivity index (χ1n) is 8.10. The number of ether oxygens (including phenoxy) is 1. The highest BCUT2D eigenvalue weighted by Gasteiger charge is 2.40. The monoisotopic (exact) mass is 320 g/mol. The summed E-state index contributed by atoms with van der Waals surface area (Å²) in [7, 11) is 1.69. The zero-order chi connectivity index (χ0) is 16.7. The van der Waals surface area contributed by atoms with E-state index in [1.807, 2.05) is 24.3 Å². The summed E-state index contributed by atoms with van der Waals surface area (Å²) in [4.78, 5) is 12.5. The zero-order valence-corrected chi connectivity index (χ0v) is 13.6. The molecule has 1 aromatic carbocycles. The van der Waals surface area contributed by atoms with Gasteiger partial charge < -0.3 is 15.8 Å². The lowest BCUT2D eigenvalue weighted by atomic mass is 9.69. The van der Waals surface area contributed by atoms with Gasteiger partial charge in [0, 0.05) is 19.2 Å². The molecule has 1 aliphatic carbocycles. The number of nitrogens with one attached hydrogen (secondary N) is 1. The maximum atomic E-state index is 12.5. The van der Waals surface area contributed by atoms with Crippen LogP contribution in [0.25, 0.3) is 0 Å². The summed E-state index contributed by atoms with van der Waals surface area (Å²) in [6, 6.07) is 7.55. The second-order valence-electron chi connectivity index (χ2n) is 6.01. The Morgan fingerprint density at radius 2 is 1.96 bits per heavy atom. The van der Waals surface area contributed by atoms with Gasteiger partial charge in [-0.25, -0.2) is 4.39 Å². The van der Waals surface area contributed by atoms with Crippen LogP contribution in [0.2, 0.25) is 0 Å². The third-order valence-corrected chi connectivity index (χ3v) is 4.62. The Morgan fingerprint density at radius 3 is 2.48 bits per heavy atom. The third kappa shape index (κ3) is 3.91. The Morgan fingerprint density at radius 1 is 1.30 bits per heavy atom. The van der Waals surface area contributed by atoms with E-state index in [1.54, 1.807) is 7.05 Å². The molecule has 126 valence electrons. The van der Waals surface area contributed by atoms with Crippen molar-refractivity contribution in [2.45, 2.75) is 37.5 Å². The quantitative estimate of drug-likeness (QED) is 0.847. The number of nitrogens with two attached hydrogens (primary N) is 1. The van der Waals surface area contributed by atoms with Gasteiger partial charge in [-0.3, -0.25) is 4.79 Å². The minimum Gasteiger partial charge on any atom is -0.489 e. The van der Waals surface area contributed by atoms with Gasteiger partial charge in [-0.15, -0.1) is 0 Å². The molecular weight excluding hydrogens is 295 g/mol. The lowest BCUT2D eigenvalue weighted by Crippen LogP contribution is -2.44. The van der Waals surface area contributed by atoms with Crippen LogP contribution in [-0.4, -0.2) is 26.1 Å². The molecule has 0 saturated heterocycles. The standard InChI is InChI=1S/C18H25FN2O2/c1-21-17(22)18(9-3-2-4-10-18)15-5-7-16(8-6-15)23-13-14(11-19)12-20/h5-8,11H,2-4,9-10,12-13,20H2,1H3,(H,21,22). The van der Waals surface area contributed by atoms with Crippen LogP contribution in [0.15, 0.2) is 36.2 Å². The van der Waals surface area contributed by atoms with Crippen LogP contribution in [0.4, 0.5) is 4.39 Å². The number of rotatable bonds is 6. The molecular formula is C18H25FN2O2. The smallest absolute Gasteiger partial charge is 0.230 e. The maximum Gasteiger partial charge on any atom is 0.230 e. The van der Waals surface area contributed by atoms with Crippen molar-refractivity contribution in [3.05, 3.63) is 41.7 Å². The molecule has 0 spiro atoms. The van der Waals surface area contributed by atoms with E-state index in [0.29, 0.717) is 17.7 Å². The van der Waals surface area contributed by atoms with Crippen LogP contribution in [0.1, 0.15) is 37.7 Å². The highest BCUT2D eigenvalue weighted by atomic mass is 19.1. The first-order valence-corrected chi connectivity index (χ1v) is 8.10. The molecule has 1 aliphatic rings. The zero-order valence-electron chi connectivity index (χ0n) is 13.6. The normalized spacial score (nSPS) is 17.6. The molecule has 1 saturated carbocycles. The highest BCUT2D eigenvalue weighted by molar-refractivity contribution is 5.88. The summed E-state index contributed by atoms with van der Waals surface area (Å²) >= 11 is 0. The van der Waals surface area contributed by atoms with Crippen LogP contribution >= 0.6 is 0 Å². The number of hydrogen-bond donors (Lipinski definition) is 2. The number of hydrogen-bond acceptors (Lipinski definition) is 3. The SMILES string of the molecule is CNC(=O)C1(c2ccc(OCC(=CF)CN)cc2)CCCCC1. The van der Waals surface area contributed by atoms with Gasteiger partial charge in [0.2, 0.25) is 5.91 Å². The number of amides is 1. The fraction of sp³-hybridized carbons (Fsp3) is 0.500. The van der Waals surface area contributed by atoms with Crippen LogP contribution in [-0.2, 0) is 10.2 Å². The van der Waals surface area contributed by atoms with E-state index in [1.165, 1.54) is 6.42 Å². The van der Waals surface area contributed by atoms with E-state index < -0.39 is 5.41 Å². The predicted molar refractivity (Wildman–Crippen MR) is 89.0 cm³/mol. The third-order valence-electron chi connectivity index (χ3n) is 4.62. The molecule has 23 heavy (non-hydrogen) atoms. The number of carbonyl (C=O) groups excluding carboxylic acids is 1. The Balaban J connectivity index is 2.14. The van der Waals surface area contributed by atoms with E-state index in [-0.39, 0.29) is 19.1 Å². The summed E-state index contributed by atoms with van der Waals surface area (Å²) in [5.41, 5.74) is 6.39. The van der Waals surface area contributed by atoms with Gasteiger partial charge in [-0.2, -0.15) is 0 Å². The minimum absolute atomic E-state index is 0.0802. The Bertz CT molecular complexity index is 549. The second kappa shape index (κ2) is 8.11. The average molecular weight is 320 g/mol. The van der Waals surface area contributed by atoms with Crippen molar-refractivity contribution in [2.75, 3.05) is 20.2 Å². The Labute approximate surface area is 136 Å². The van der Waals surface area contributed by atoms with Crippen molar-refractivity contribution >= 4 is 5.91 Å². The van der Waals surface area contributed by atoms with Crippen LogP contribution in [0.5, 0.6) is 5.75 Å². The largest absolute Gasteiger partial charge is 0.489 e. The van der Waals surface area contributed by atoms with Crippen LogP contribution in [0.3, 0.4) is 0 Å². The first kappa shape index (κ1) is 17.5. The second-order valence-corrected chi connectivity index (χ2v) is 6.01. The summed E-state index contributed by atoms with van der Waals surface area (Å²) in [5.74, 6) is 0.723. The molecule has 1 fully saturated rings. The van der Waals surface area contributed by atoms with E-state index in [2.05, 4.69) is 5.32 Å².